The second-order valence-corrected chi connectivity index (χ2v) is 5.93. The van der Waals surface area contributed by atoms with Crippen molar-refractivity contribution in [3.63, 3.8) is 0 Å². The molecule has 1 aromatic carbocycles. The van der Waals surface area contributed by atoms with Crippen LogP contribution >= 0.6 is 22.9 Å². The number of nitrogens with zero attached hydrogens (tertiary/aromatic N) is 3. The molecule has 2 rings (SSSR count). The Bertz CT molecular complexity index is 693. The summed E-state index contributed by atoms with van der Waals surface area (Å²) >= 11 is 7.34. The van der Waals surface area contributed by atoms with E-state index in [2.05, 4.69) is 0 Å². The number of nitro benzene ring substituents is 1. The van der Waals surface area contributed by atoms with Crippen LogP contribution in [0.5, 0.6) is 0 Å². The molecule has 0 fully saturated rings. The van der Waals surface area contributed by atoms with Crippen molar-refractivity contribution >= 4 is 34.3 Å². The van der Waals surface area contributed by atoms with Crippen molar-refractivity contribution in [2.24, 2.45) is 0 Å². The lowest BCUT2D eigenvalue weighted by Gasteiger charge is -2.19. The van der Waals surface area contributed by atoms with E-state index in [0.717, 1.165) is 4.88 Å². The Kier molecular flexibility index (Phi) is 4.23. The summed E-state index contributed by atoms with van der Waals surface area (Å²) in [6.07, 6.45) is 0. The van der Waals surface area contributed by atoms with Gasteiger partial charge in [-0.05, 0) is 18.2 Å². The van der Waals surface area contributed by atoms with Gasteiger partial charge in [-0.3, -0.25) is 10.1 Å². The lowest BCUT2D eigenvalue weighted by molar-refractivity contribution is -0.384. The Balaban J connectivity index is 2.27. The van der Waals surface area contributed by atoms with Crippen LogP contribution in [0, 0.1) is 21.4 Å². The smallest absolute Gasteiger partial charge is 0.270 e. The quantitative estimate of drug-likeness (QED) is 0.636. The first-order valence-electron chi connectivity index (χ1n) is 5.65. The number of anilines is 1. The minimum atomic E-state index is -0.510. The fourth-order valence-corrected chi connectivity index (χ4v) is 2.96. The zero-order valence-electron chi connectivity index (χ0n) is 10.5. The summed E-state index contributed by atoms with van der Waals surface area (Å²) in [6, 6.07) is 10.00. The first kappa shape index (κ1) is 14.3. The predicted octanol–water partition coefficient (Wildman–Crippen LogP) is 3.82. The average Bonchev–Trinajstić information content (AvgIpc) is 2.83. The second kappa shape index (κ2) is 5.90. The molecule has 0 saturated carbocycles. The van der Waals surface area contributed by atoms with Crippen LogP contribution in [0.3, 0.4) is 0 Å². The van der Waals surface area contributed by atoms with Crippen LogP contribution in [0.2, 0.25) is 4.34 Å². The number of hydrogen-bond donors (Lipinski definition) is 0. The maximum atomic E-state index is 10.7. The van der Waals surface area contributed by atoms with Crippen LogP contribution in [-0.2, 0) is 6.54 Å². The fourth-order valence-electron chi connectivity index (χ4n) is 1.82. The summed E-state index contributed by atoms with van der Waals surface area (Å²) in [5.41, 5.74) is 0.852. The maximum absolute atomic E-state index is 10.7. The molecule has 0 aliphatic carbocycles. The molecule has 0 bridgehead atoms. The van der Waals surface area contributed by atoms with E-state index >= 15 is 0 Å². The van der Waals surface area contributed by atoms with Gasteiger partial charge in [0.25, 0.3) is 5.69 Å². The fraction of sp³-hybridized carbons (Fsp3) is 0.154. The molecule has 0 aliphatic heterocycles. The molecule has 0 atom stereocenters. The number of rotatable bonds is 4. The molecule has 0 amide bonds. The second-order valence-electron chi connectivity index (χ2n) is 4.13. The van der Waals surface area contributed by atoms with E-state index < -0.39 is 4.92 Å². The number of non-ortho nitro benzene ring substituents is 1. The van der Waals surface area contributed by atoms with E-state index in [0.29, 0.717) is 16.6 Å². The highest BCUT2D eigenvalue weighted by Crippen LogP contribution is 2.28. The van der Waals surface area contributed by atoms with Crippen LogP contribution in [0.1, 0.15) is 10.4 Å². The van der Waals surface area contributed by atoms with Gasteiger partial charge in [-0.2, -0.15) is 5.26 Å². The van der Waals surface area contributed by atoms with Gasteiger partial charge in [0.15, 0.2) is 0 Å². The molecule has 0 unspecified atom stereocenters. The van der Waals surface area contributed by atoms with Gasteiger partial charge >= 0.3 is 0 Å². The third-order valence-corrected chi connectivity index (χ3v) is 3.96. The molecular weight excluding hydrogens is 298 g/mol. The molecule has 1 aromatic heterocycles. The Hall–Kier alpha value is -2.10. The Morgan fingerprint density at radius 3 is 2.75 bits per heavy atom. The van der Waals surface area contributed by atoms with E-state index in [4.69, 9.17) is 16.9 Å². The van der Waals surface area contributed by atoms with Crippen LogP contribution < -0.4 is 4.90 Å². The van der Waals surface area contributed by atoms with Crippen molar-refractivity contribution < 1.29 is 4.92 Å². The Labute approximate surface area is 124 Å². The van der Waals surface area contributed by atoms with Gasteiger partial charge in [0, 0.05) is 24.1 Å². The van der Waals surface area contributed by atoms with Gasteiger partial charge in [0.1, 0.15) is 6.07 Å². The topological polar surface area (TPSA) is 70.2 Å². The average molecular weight is 308 g/mol. The zero-order chi connectivity index (χ0) is 14.7. The molecular formula is C13H10ClN3O2S. The van der Waals surface area contributed by atoms with Gasteiger partial charge in [0.2, 0.25) is 0 Å². The summed E-state index contributed by atoms with van der Waals surface area (Å²) in [7, 11) is 1.83. The molecule has 2 aromatic rings. The van der Waals surface area contributed by atoms with Crippen molar-refractivity contribution in [3.05, 3.63) is 55.2 Å². The van der Waals surface area contributed by atoms with Crippen molar-refractivity contribution in [3.8, 4) is 6.07 Å². The Morgan fingerprint density at radius 2 is 2.20 bits per heavy atom. The van der Waals surface area contributed by atoms with E-state index in [1.807, 2.05) is 30.1 Å². The van der Waals surface area contributed by atoms with Crippen molar-refractivity contribution in [2.75, 3.05) is 11.9 Å². The van der Waals surface area contributed by atoms with Crippen molar-refractivity contribution in [2.45, 2.75) is 6.54 Å². The molecule has 5 nitrogen and oxygen atoms in total. The largest absolute Gasteiger partial charge is 0.368 e. The SMILES string of the molecule is CN(Cc1ccc(Cl)s1)c1ccc([N+](=O)[O-])cc1C#N. The lowest BCUT2D eigenvalue weighted by Crippen LogP contribution is -2.16. The minimum Gasteiger partial charge on any atom is -0.368 e. The molecule has 0 radical (unpaired) electrons. The van der Waals surface area contributed by atoms with Gasteiger partial charge in [-0.25, -0.2) is 0 Å². The van der Waals surface area contributed by atoms with Crippen LogP contribution in [-0.4, -0.2) is 12.0 Å². The zero-order valence-corrected chi connectivity index (χ0v) is 12.1. The standard InChI is InChI=1S/C13H10ClN3O2S/c1-16(8-11-3-5-13(14)20-11)12-4-2-10(17(18)19)6-9(12)7-15/h2-6H,8H2,1H3. The number of nitriles is 1. The molecule has 0 N–H and O–H groups in total. The van der Waals surface area contributed by atoms with Crippen molar-refractivity contribution in [1.82, 2.24) is 0 Å². The maximum Gasteiger partial charge on any atom is 0.270 e. The summed E-state index contributed by atoms with van der Waals surface area (Å²) in [4.78, 5) is 13.1. The third-order valence-electron chi connectivity index (χ3n) is 2.74. The highest BCUT2D eigenvalue weighted by molar-refractivity contribution is 7.16. The molecule has 20 heavy (non-hydrogen) atoms. The molecule has 102 valence electrons. The first-order chi connectivity index (χ1) is 9.51. The van der Waals surface area contributed by atoms with Gasteiger partial charge in [-0.1, -0.05) is 11.6 Å². The monoisotopic (exact) mass is 307 g/mol. The number of nitro groups is 1. The van der Waals surface area contributed by atoms with E-state index in [-0.39, 0.29) is 11.3 Å². The summed E-state index contributed by atoms with van der Waals surface area (Å²) in [5.74, 6) is 0. The first-order valence-corrected chi connectivity index (χ1v) is 6.84. The number of thiophene rings is 1. The third kappa shape index (κ3) is 3.07. The Morgan fingerprint density at radius 1 is 1.45 bits per heavy atom. The molecule has 0 spiro atoms. The molecule has 1 heterocycles. The van der Waals surface area contributed by atoms with Crippen LogP contribution in [0.15, 0.2) is 30.3 Å². The number of benzene rings is 1. The minimum absolute atomic E-state index is 0.0853. The number of halogens is 1. The van der Waals surface area contributed by atoms with Crippen LogP contribution in [0.4, 0.5) is 11.4 Å². The molecule has 0 saturated heterocycles. The van der Waals surface area contributed by atoms with Gasteiger partial charge in [0.05, 0.1) is 27.1 Å². The number of hydrogen-bond acceptors (Lipinski definition) is 5. The predicted molar refractivity (Wildman–Crippen MR) is 79.2 cm³/mol. The summed E-state index contributed by atoms with van der Waals surface area (Å²) in [6.45, 7) is 0.587. The highest BCUT2D eigenvalue weighted by atomic mass is 35.5. The van der Waals surface area contributed by atoms with E-state index in [1.54, 1.807) is 6.07 Å². The lowest BCUT2D eigenvalue weighted by atomic mass is 10.1. The van der Waals surface area contributed by atoms with Gasteiger partial charge in [-0.15, -0.1) is 11.3 Å². The van der Waals surface area contributed by atoms with Crippen LogP contribution in [0.25, 0.3) is 0 Å². The molecule has 7 heteroatoms. The van der Waals surface area contributed by atoms with Crippen molar-refractivity contribution in [1.29, 1.82) is 5.26 Å². The highest BCUT2D eigenvalue weighted by Gasteiger charge is 2.14. The summed E-state index contributed by atoms with van der Waals surface area (Å²) in [5, 5.41) is 19.8. The normalized spacial score (nSPS) is 10.1. The summed E-state index contributed by atoms with van der Waals surface area (Å²) < 4.78 is 0.706. The van der Waals surface area contributed by atoms with E-state index in [1.165, 1.54) is 23.5 Å². The molecule has 0 aliphatic rings. The van der Waals surface area contributed by atoms with E-state index in [9.17, 15) is 10.1 Å². The van der Waals surface area contributed by atoms with Gasteiger partial charge < -0.3 is 4.90 Å².